The van der Waals surface area contributed by atoms with E-state index in [0.717, 1.165) is 37.1 Å². The molecular formula is C49H55F3N10O2. The lowest BCUT2D eigenvalue weighted by atomic mass is 10.0. The molecule has 2 amide bonds. The zero-order valence-electron chi connectivity index (χ0n) is 36.7. The summed E-state index contributed by atoms with van der Waals surface area (Å²) in [6.45, 7) is 12.0. The van der Waals surface area contributed by atoms with Gasteiger partial charge in [0.05, 0.1) is 29.7 Å². The van der Waals surface area contributed by atoms with Gasteiger partial charge in [0.1, 0.15) is 23.7 Å². The number of likely N-dealkylation sites (tertiary alicyclic amines) is 2. The standard InChI is InChI=1S/C49H55F3N10O2/c1-5-59(6-2)41(33-17-11-9-12-18-33)47(63)61-27-15-21-38(61)45-55-31-37(56-45)36-29-53-44(54-30-36)35-25-23-32(24-26-35)40-43(49(50,51)52)58-46(57-40)39-22-16-28-62(39)48(64)42(60(7-3)8-4)34-19-13-10-14-20-34/h9-14,17-20,23-26,29-31,38-39,41-42H,5-8,15-16,21-22,27-28H2,1-4H3,(H,55,56)(H,57,58)/t38-,39-,41+,42+/m0/s1. The van der Waals surface area contributed by atoms with Gasteiger partial charge >= 0.3 is 6.18 Å². The number of nitrogens with zero attached hydrogens (tertiary/aromatic N) is 8. The molecule has 0 bridgehead atoms. The molecule has 6 aromatic rings. The second-order valence-electron chi connectivity index (χ2n) is 16.3. The number of carbonyl (C=O) groups is 2. The molecule has 2 aliphatic rings. The third-order valence-electron chi connectivity index (χ3n) is 12.7. The van der Waals surface area contributed by atoms with Gasteiger partial charge < -0.3 is 19.8 Å². The van der Waals surface area contributed by atoms with E-state index in [4.69, 9.17) is 4.98 Å². The molecule has 2 aliphatic heterocycles. The van der Waals surface area contributed by atoms with Crippen molar-refractivity contribution in [2.24, 2.45) is 0 Å². The fourth-order valence-electron chi connectivity index (χ4n) is 9.43. The first-order valence-electron chi connectivity index (χ1n) is 22.4. The highest BCUT2D eigenvalue weighted by Gasteiger charge is 2.43. The zero-order chi connectivity index (χ0) is 45.0. The lowest BCUT2D eigenvalue weighted by Crippen LogP contribution is -2.43. The van der Waals surface area contributed by atoms with Crippen LogP contribution in [0.2, 0.25) is 0 Å². The summed E-state index contributed by atoms with van der Waals surface area (Å²) in [5.41, 5.74) is 2.95. The summed E-state index contributed by atoms with van der Waals surface area (Å²) < 4.78 is 43.9. The SMILES string of the molecule is CCN(CC)[C@@H](C(=O)N1CCC[C@H]1c1ncc(-c2cnc(-c3ccc(-c4[nH]c([C@@H]5CCCN5C(=O)[C@@H](c5ccccc5)N(CC)CC)nc4C(F)(F)F)cc3)nc2)[nH]1)c1ccccc1. The highest BCUT2D eigenvalue weighted by atomic mass is 19.4. The number of aromatic amines is 2. The van der Waals surface area contributed by atoms with E-state index < -0.39 is 24.0 Å². The molecule has 3 aromatic carbocycles. The Morgan fingerprint density at radius 1 is 0.641 bits per heavy atom. The van der Waals surface area contributed by atoms with Crippen LogP contribution >= 0.6 is 0 Å². The van der Waals surface area contributed by atoms with Crippen LogP contribution in [0.3, 0.4) is 0 Å². The second-order valence-corrected chi connectivity index (χ2v) is 16.3. The van der Waals surface area contributed by atoms with Crippen LogP contribution in [0, 0.1) is 0 Å². The Labute approximate surface area is 372 Å². The van der Waals surface area contributed by atoms with Gasteiger partial charge in [0.25, 0.3) is 0 Å². The number of H-pyrrole nitrogens is 2. The van der Waals surface area contributed by atoms with Crippen LogP contribution in [0.1, 0.15) is 106 Å². The summed E-state index contributed by atoms with van der Waals surface area (Å²) in [7, 11) is 0. The summed E-state index contributed by atoms with van der Waals surface area (Å²) in [6.07, 6.45) is 3.15. The van der Waals surface area contributed by atoms with Crippen LogP contribution < -0.4 is 0 Å². The van der Waals surface area contributed by atoms with E-state index >= 15 is 0 Å². The zero-order valence-corrected chi connectivity index (χ0v) is 36.7. The number of carbonyl (C=O) groups excluding carboxylic acids is 2. The fourth-order valence-corrected chi connectivity index (χ4v) is 9.43. The minimum Gasteiger partial charge on any atom is -0.340 e. The molecule has 64 heavy (non-hydrogen) atoms. The van der Waals surface area contributed by atoms with Crippen molar-refractivity contribution < 1.29 is 22.8 Å². The Hall–Kier alpha value is -6.19. The Morgan fingerprint density at radius 2 is 1.12 bits per heavy atom. The predicted molar refractivity (Wildman–Crippen MR) is 239 cm³/mol. The smallest absolute Gasteiger partial charge is 0.340 e. The molecule has 0 unspecified atom stereocenters. The molecular weight excluding hydrogens is 818 g/mol. The normalized spacial score (nSPS) is 17.7. The number of aromatic nitrogens is 6. The van der Waals surface area contributed by atoms with Crippen LogP contribution in [0.5, 0.6) is 0 Å². The van der Waals surface area contributed by atoms with Crippen molar-refractivity contribution in [2.45, 2.75) is 83.7 Å². The monoisotopic (exact) mass is 872 g/mol. The van der Waals surface area contributed by atoms with Gasteiger partial charge in [-0.3, -0.25) is 19.4 Å². The Bertz CT molecular complexity index is 2480. The van der Waals surface area contributed by atoms with E-state index in [9.17, 15) is 22.8 Å². The summed E-state index contributed by atoms with van der Waals surface area (Å²) in [6, 6.07) is 24.2. The number of halogens is 3. The van der Waals surface area contributed by atoms with E-state index in [0.29, 0.717) is 73.1 Å². The van der Waals surface area contributed by atoms with Crippen molar-refractivity contribution >= 4 is 11.8 Å². The van der Waals surface area contributed by atoms with Gasteiger partial charge in [-0.2, -0.15) is 13.2 Å². The number of alkyl halides is 3. The summed E-state index contributed by atoms with van der Waals surface area (Å²) in [5, 5.41) is 0. The largest absolute Gasteiger partial charge is 0.435 e. The van der Waals surface area contributed by atoms with Crippen molar-refractivity contribution in [3.63, 3.8) is 0 Å². The van der Waals surface area contributed by atoms with Gasteiger partial charge in [-0.1, -0.05) is 113 Å². The number of nitrogens with one attached hydrogen (secondary N) is 2. The highest BCUT2D eigenvalue weighted by molar-refractivity contribution is 5.85. The number of imidazole rings is 2. The van der Waals surface area contributed by atoms with Gasteiger partial charge in [0, 0.05) is 42.2 Å². The van der Waals surface area contributed by atoms with Crippen molar-refractivity contribution in [1.82, 2.24) is 49.5 Å². The van der Waals surface area contributed by atoms with Gasteiger partial charge in [0.2, 0.25) is 11.8 Å². The Balaban J connectivity index is 0.990. The third-order valence-corrected chi connectivity index (χ3v) is 12.7. The maximum atomic E-state index is 14.6. The van der Waals surface area contributed by atoms with E-state index in [2.05, 4.69) is 48.6 Å². The molecule has 0 radical (unpaired) electrons. The molecule has 0 saturated carbocycles. The van der Waals surface area contributed by atoms with Crippen LogP contribution in [0.15, 0.2) is 104 Å². The number of rotatable bonds is 15. The quantitative estimate of drug-likeness (QED) is 0.104. The molecule has 5 heterocycles. The maximum absolute atomic E-state index is 14.6. The van der Waals surface area contributed by atoms with Crippen molar-refractivity contribution in [3.8, 4) is 33.9 Å². The molecule has 0 spiro atoms. The van der Waals surface area contributed by atoms with Crippen molar-refractivity contribution in [2.75, 3.05) is 39.3 Å². The first-order valence-corrected chi connectivity index (χ1v) is 22.4. The van der Waals surface area contributed by atoms with Crippen LogP contribution in [-0.4, -0.2) is 101 Å². The average molecular weight is 873 g/mol. The average Bonchev–Trinajstić information content (AvgIpc) is 4.17. The molecule has 8 rings (SSSR count). The van der Waals surface area contributed by atoms with Crippen molar-refractivity contribution in [1.29, 1.82) is 0 Å². The van der Waals surface area contributed by atoms with E-state index in [1.54, 1.807) is 47.8 Å². The van der Waals surface area contributed by atoms with E-state index in [-0.39, 0.29) is 35.4 Å². The van der Waals surface area contributed by atoms with Gasteiger partial charge in [-0.15, -0.1) is 0 Å². The number of amides is 2. The number of hydrogen-bond acceptors (Lipinski definition) is 8. The predicted octanol–water partition coefficient (Wildman–Crippen LogP) is 9.44. The summed E-state index contributed by atoms with van der Waals surface area (Å²) in [5.74, 6) is 1.13. The minimum absolute atomic E-state index is 0.0622. The molecule has 12 nitrogen and oxygen atoms in total. The molecule has 15 heteroatoms. The number of hydrogen-bond donors (Lipinski definition) is 2. The first-order chi connectivity index (χ1) is 31.0. The Kier molecular flexibility index (Phi) is 13.4. The van der Waals surface area contributed by atoms with Crippen LogP contribution in [-0.2, 0) is 15.8 Å². The Morgan fingerprint density at radius 3 is 1.61 bits per heavy atom. The number of likely N-dealkylation sites (N-methyl/N-ethyl adjacent to an activating group) is 2. The second kappa shape index (κ2) is 19.3. The van der Waals surface area contributed by atoms with E-state index in [1.165, 1.54) is 0 Å². The molecule has 3 aromatic heterocycles. The van der Waals surface area contributed by atoms with Gasteiger partial charge in [-0.05, 0) is 63.0 Å². The summed E-state index contributed by atoms with van der Waals surface area (Å²) in [4.78, 5) is 60.9. The highest BCUT2D eigenvalue weighted by Crippen LogP contribution is 2.41. The molecule has 2 fully saturated rings. The third kappa shape index (κ3) is 8.96. The molecule has 4 atom stereocenters. The molecule has 334 valence electrons. The van der Waals surface area contributed by atoms with E-state index in [1.807, 2.05) is 79.4 Å². The molecule has 2 N–H and O–H groups in total. The molecule has 0 aliphatic carbocycles. The van der Waals surface area contributed by atoms with Crippen LogP contribution in [0.25, 0.3) is 33.9 Å². The minimum atomic E-state index is -4.74. The fraction of sp³-hybridized carbons (Fsp3) is 0.388. The lowest BCUT2D eigenvalue weighted by molar-refractivity contribution is -0.140. The summed E-state index contributed by atoms with van der Waals surface area (Å²) >= 11 is 0. The molecule has 2 saturated heterocycles. The van der Waals surface area contributed by atoms with Gasteiger partial charge in [0.15, 0.2) is 11.5 Å². The van der Waals surface area contributed by atoms with Gasteiger partial charge in [-0.25, -0.2) is 19.9 Å². The number of benzene rings is 3. The van der Waals surface area contributed by atoms with Crippen LogP contribution in [0.4, 0.5) is 13.2 Å². The lowest BCUT2D eigenvalue weighted by Gasteiger charge is -2.34. The maximum Gasteiger partial charge on any atom is 0.435 e. The first kappa shape index (κ1) is 44.4. The van der Waals surface area contributed by atoms with Crippen molar-refractivity contribution in [3.05, 3.63) is 132 Å². The topological polar surface area (TPSA) is 130 Å².